The molecule has 2 aromatic rings. The van der Waals surface area contributed by atoms with E-state index in [4.69, 9.17) is 0 Å². The molecule has 8 heteroatoms. The predicted octanol–water partition coefficient (Wildman–Crippen LogP) is 0.218. The first-order chi connectivity index (χ1) is 11.5. The summed E-state index contributed by atoms with van der Waals surface area (Å²) in [5.41, 5.74) is 3.78. The van der Waals surface area contributed by atoms with Crippen LogP contribution in [0.5, 0.6) is 0 Å². The molecule has 3 heterocycles. The molecular formula is C16H24N6O2. The molecule has 1 aliphatic rings. The van der Waals surface area contributed by atoms with Gasteiger partial charge in [-0.1, -0.05) is 0 Å². The Morgan fingerprint density at radius 2 is 2.25 bits per heavy atom. The van der Waals surface area contributed by atoms with E-state index in [1.54, 1.807) is 6.07 Å². The quantitative estimate of drug-likeness (QED) is 0.727. The maximum atomic E-state index is 12.1. The summed E-state index contributed by atoms with van der Waals surface area (Å²) in [6.45, 7) is 8.87. The molecule has 2 aromatic heterocycles. The summed E-state index contributed by atoms with van der Waals surface area (Å²) in [7, 11) is 0. The average Bonchev–Trinajstić information content (AvgIpc) is 3.25. The molecule has 0 unspecified atom stereocenters. The second kappa shape index (κ2) is 6.74. The van der Waals surface area contributed by atoms with Gasteiger partial charge in [-0.3, -0.25) is 19.5 Å². The topological polar surface area (TPSA) is 99.1 Å². The molecule has 8 nitrogen and oxygen atoms in total. The molecule has 24 heavy (non-hydrogen) atoms. The van der Waals surface area contributed by atoms with Gasteiger partial charge in [0.2, 0.25) is 0 Å². The van der Waals surface area contributed by atoms with E-state index in [2.05, 4.69) is 39.4 Å². The highest BCUT2D eigenvalue weighted by Gasteiger charge is 2.33. The van der Waals surface area contributed by atoms with Gasteiger partial charge in [-0.15, -0.1) is 0 Å². The average molecular weight is 332 g/mol. The Hall–Kier alpha value is -2.19. The van der Waals surface area contributed by atoms with Crippen molar-refractivity contribution in [1.29, 1.82) is 0 Å². The van der Waals surface area contributed by atoms with Crippen molar-refractivity contribution in [2.45, 2.75) is 46.0 Å². The number of rotatable bonds is 5. The monoisotopic (exact) mass is 332 g/mol. The van der Waals surface area contributed by atoms with Crippen LogP contribution >= 0.6 is 0 Å². The number of aryl methyl sites for hydroxylation is 2. The molecule has 0 aliphatic carbocycles. The first-order valence-electron chi connectivity index (χ1n) is 8.23. The Balaban J connectivity index is 1.64. The van der Waals surface area contributed by atoms with Crippen molar-refractivity contribution < 1.29 is 9.90 Å². The minimum Gasteiger partial charge on any atom is -0.390 e. The summed E-state index contributed by atoms with van der Waals surface area (Å²) in [5, 5.41) is 24.1. The lowest BCUT2D eigenvalue weighted by molar-refractivity contribution is 0.0883. The fraction of sp³-hybridized carbons (Fsp3) is 0.562. The lowest BCUT2D eigenvalue weighted by atomic mass is 10.2. The van der Waals surface area contributed by atoms with Crippen LogP contribution in [0.2, 0.25) is 0 Å². The zero-order valence-corrected chi connectivity index (χ0v) is 14.3. The van der Waals surface area contributed by atoms with Gasteiger partial charge < -0.3 is 10.4 Å². The number of aromatic nitrogens is 4. The number of hydrogen-bond acceptors (Lipinski definition) is 5. The van der Waals surface area contributed by atoms with E-state index in [1.807, 2.05) is 11.6 Å². The van der Waals surface area contributed by atoms with Gasteiger partial charge >= 0.3 is 0 Å². The number of likely N-dealkylation sites (tertiary alicyclic amines) is 1. The Labute approximate surface area is 140 Å². The minimum atomic E-state index is -0.585. The van der Waals surface area contributed by atoms with Crippen LogP contribution in [0.4, 0.5) is 0 Å². The number of nitrogens with one attached hydrogen (secondary N) is 2. The first-order valence-corrected chi connectivity index (χ1v) is 8.23. The zero-order chi connectivity index (χ0) is 17.3. The lowest BCUT2D eigenvalue weighted by Gasteiger charge is -2.16. The van der Waals surface area contributed by atoms with E-state index in [0.29, 0.717) is 18.8 Å². The lowest BCUT2D eigenvalue weighted by Crippen LogP contribution is -2.43. The van der Waals surface area contributed by atoms with Gasteiger partial charge in [0.15, 0.2) is 0 Å². The molecule has 0 aromatic carbocycles. The molecule has 3 N–H and O–H groups in total. The number of nitrogens with zero attached hydrogens (tertiary/aromatic N) is 4. The summed E-state index contributed by atoms with van der Waals surface area (Å²) in [6, 6.07) is 1.32. The second-order valence-electron chi connectivity index (χ2n) is 6.28. The van der Waals surface area contributed by atoms with Gasteiger partial charge in [0.1, 0.15) is 5.69 Å². The summed E-state index contributed by atoms with van der Waals surface area (Å²) in [4.78, 5) is 14.2. The number of carbonyl (C=O) groups excluding carboxylic acids is 1. The van der Waals surface area contributed by atoms with Crippen LogP contribution in [-0.2, 0) is 13.1 Å². The van der Waals surface area contributed by atoms with E-state index in [0.717, 1.165) is 24.5 Å². The standard InChI is InChI=1S/C16H24N6O2/c1-4-22-11(3)12(10(2)20-22)7-21-8-14(15(23)9-21)18-16(24)13-5-6-17-19-13/h5-6,14-15,23H,4,7-9H2,1-3H3,(H,17,19)(H,18,24)/t14-,15-/m1/s1. The highest BCUT2D eigenvalue weighted by atomic mass is 16.3. The molecule has 2 atom stereocenters. The molecule has 3 rings (SSSR count). The Bertz CT molecular complexity index is 708. The van der Waals surface area contributed by atoms with E-state index in [1.165, 1.54) is 11.8 Å². The fourth-order valence-corrected chi connectivity index (χ4v) is 3.26. The van der Waals surface area contributed by atoms with Gasteiger partial charge in [0.25, 0.3) is 5.91 Å². The van der Waals surface area contributed by atoms with Crippen LogP contribution < -0.4 is 5.32 Å². The molecule has 0 saturated carbocycles. The SMILES string of the molecule is CCn1nc(C)c(CN2C[C@@H](O)[C@H](NC(=O)c3ccn[nH]3)C2)c1C. The van der Waals surface area contributed by atoms with Crippen LogP contribution in [0.25, 0.3) is 0 Å². The third kappa shape index (κ3) is 3.20. The van der Waals surface area contributed by atoms with Crippen molar-refractivity contribution >= 4 is 5.91 Å². The maximum absolute atomic E-state index is 12.1. The predicted molar refractivity (Wildman–Crippen MR) is 88.5 cm³/mol. The summed E-state index contributed by atoms with van der Waals surface area (Å²) >= 11 is 0. The van der Waals surface area contributed by atoms with Gasteiger partial charge in [0, 0.05) is 43.6 Å². The van der Waals surface area contributed by atoms with Crippen LogP contribution in [0.3, 0.4) is 0 Å². The van der Waals surface area contributed by atoms with Crippen molar-refractivity contribution in [2.75, 3.05) is 13.1 Å². The Morgan fingerprint density at radius 1 is 1.46 bits per heavy atom. The normalized spacial score (nSPS) is 21.3. The first kappa shape index (κ1) is 16.7. The minimum absolute atomic E-state index is 0.246. The van der Waals surface area contributed by atoms with Crippen molar-refractivity contribution in [1.82, 2.24) is 30.2 Å². The van der Waals surface area contributed by atoms with Gasteiger partial charge in [-0.2, -0.15) is 10.2 Å². The highest BCUT2D eigenvalue weighted by molar-refractivity contribution is 5.92. The highest BCUT2D eigenvalue weighted by Crippen LogP contribution is 2.19. The molecule has 1 aliphatic heterocycles. The zero-order valence-electron chi connectivity index (χ0n) is 14.3. The van der Waals surface area contributed by atoms with Crippen molar-refractivity contribution in [3.63, 3.8) is 0 Å². The number of carbonyl (C=O) groups is 1. The molecule has 1 saturated heterocycles. The fourth-order valence-electron chi connectivity index (χ4n) is 3.26. The van der Waals surface area contributed by atoms with E-state index >= 15 is 0 Å². The number of aliphatic hydroxyl groups is 1. The van der Waals surface area contributed by atoms with Gasteiger partial charge in [-0.05, 0) is 26.8 Å². The van der Waals surface area contributed by atoms with Crippen LogP contribution in [0.15, 0.2) is 12.3 Å². The third-order valence-corrected chi connectivity index (χ3v) is 4.64. The summed E-state index contributed by atoms with van der Waals surface area (Å²) in [5.74, 6) is -0.246. The van der Waals surface area contributed by atoms with Crippen molar-refractivity contribution in [3.05, 3.63) is 34.9 Å². The van der Waals surface area contributed by atoms with Crippen LogP contribution in [-0.4, -0.2) is 61.1 Å². The second-order valence-corrected chi connectivity index (χ2v) is 6.28. The number of β-amino-alcohol motifs (C(OH)–C–C–N with tert-alkyl or cyclic N) is 1. The molecule has 130 valence electrons. The molecule has 1 fully saturated rings. The smallest absolute Gasteiger partial charge is 0.269 e. The number of aromatic amines is 1. The van der Waals surface area contributed by atoms with Crippen LogP contribution in [0.1, 0.15) is 34.4 Å². The van der Waals surface area contributed by atoms with Gasteiger partial charge in [0.05, 0.1) is 17.8 Å². The largest absolute Gasteiger partial charge is 0.390 e. The molecule has 0 bridgehead atoms. The molecular weight excluding hydrogens is 308 g/mol. The van der Waals surface area contributed by atoms with Crippen LogP contribution in [0, 0.1) is 13.8 Å². The van der Waals surface area contributed by atoms with Gasteiger partial charge in [-0.25, -0.2) is 0 Å². The summed E-state index contributed by atoms with van der Waals surface area (Å²) < 4.78 is 1.99. The maximum Gasteiger partial charge on any atom is 0.269 e. The summed E-state index contributed by atoms with van der Waals surface area (Å²) in [6.07, 6.45) is 0.946. The number of aliphatic hydroxyl groups excluding tert-OH is 1. The number of amides is 1. The Kier molecular flexibility index (Phi) is 4.68. The third-order valence-electron chi connectivity index (χ3n) is 4.64. The van der Waals surface area contributed by atoms with Crippen molar-refractivity contribution in [2.24, 2.45) is 0 Å². The molecule has 1 amide bonds. The Morgan fingerprint density at radius 3 is 2.88 bits per heavy atom. The number of H-pyrrole nitrogens is 1. The number of hydrogen-bond donors (Lipinski definition) is 3. The van der Waals surface area contributed by atoms with E-state index < -0.39 is 6.10 Å². The van der Waals surface area contributed by atoms with Crippen molar-refractivity contribution in [3.8, 4) is 0 Å². The molecule has 0 radical (unpaired) electrons. The van der Waals surface area contributed by atoms with E-state index in [9.17, 15) is 9.90 Å². The molecule has 0 spiro atoms. The van der Waals surface area contributed by atoms with E-state index in [-0.39, 0.29) is 11.9 Å².